The number of nitrogens with one attached hydrogen (secondary N) is 1. The van der Waals surface area contributed by atoms with Gasteiger partial charge in [-0.1, -0.05) is 20.3 Å². The Bertz CT molecular complexity index is 168. The Morgan fingerprint density at radius 2 is 2.07 bits per heavy atom. The Balaban J connectivity index is 3.89. The molecule has 0 aromatic rings. The van der Waals surface area contributed by atoms with Crippen LogP contribution in [-0.2, 0) is 4.79 Å². The minimum Gasteiger partial charge on any atom is -0.396 e. The van der Waals surface area contributed by atoms with Crippen LogP contribution in [-0.4, -0.2) is 30.2 Å². The molecule has 0 rings (SSSR count). The summed E-state index contributed by atoms with van der Waals surface area (Å²) in [7, 11) is 0. The number of nitrogens with two attached hydrogens (primary N) is 1. The fourth-order valence-corrected chi connectivity index (χ4v) is 1.69. The number of carbonyl (C=O) groups is 1. The Morgan fingerprint density at radius 3 is 2.47 bits per heavy atom. The van der Waals surface area contributed by atoms with E-state index in [1.54, 1.807) is 0 Å². The highest BCUT2D eigenvalue weighted by atomic mass is 16.3. The summed E-state index contributed by atoms with van der Waals surface area (Å²) in [6, 6.07) is -0.233. The topological polar surface area (TPSA) is 75.3 Å². The van der Waals surface area contributed by atoms with Crippen LogP contribution in [0.3, 0.4) is 0 Å². The van der Waals surface area contributed by atoms with Gasteiger partial charge in [0.25, 0.3) is 0 Å². The standard InChI is InChI=1S/C11H24N2O2/c1-3-5-9(6-7-14)8-13-10(4-2)11(12)15/h9-10,13-14H,3-8H2,1-2H3,(H2,12,15). The summed E-state index contributed by atoms with van der Waals surface area (Å²) >= 11 is 0. The van der Waals surface area contributed by atoms with E-state index in [-0.39, 0.29) is 18.6 Å². The second-order valence-electron chi connectivity index (χ2n) is 3.94. The fourth-order valence-electron chi connectivity index (χ4n) is 1.69. The van der Waals surface area contributed by atoms with Crippen molar-refractivity contribution >= 4 is 5.91 Å². The van der Waals surface area contributed by atoms with Gasteiger partial charge in [-0.25, -0.2) is 0 Å². The van der Waals surface area contributed by atoms with Crippen molar-refractivity contribution in [3.63, 3.8) is 0 Å². The van der Waals surface area contributed by atoms with Crippen LogP contribution in [0.2, 0.25) is 0 Å². The maximum absolute atomic E-state index is 11.0. The molecular formula is C11H24N2O2. The third-order valence-corrected chi connectivity index (χ3v) is 2.64. The van der Waals surface area contributed by atoms with Gasteiger partial charge in [-0.3, -0.25) is 4.79 Å². The zero-order valence-electron chi connectivity index (χ0n) is 9.83. The van der Waals surface area contributed by atoms with Crippen molar-refractivity contribution in [3.8, 4) is 0 Å². The number of amides is 1. The summed E-state index contributed by atoms with van der Waals surface area (Å²) in [5, 5.41) is 12.0. The highest BCUT2D eigenvalue weighted by Gasteiger charge is 2.14. The van der Waals surface area contributed by atoms with Gasteiger partial charge in [-0.05, 0) is 31.7 Å². The van der Waals surface area contributed by atoms with Crippen LogP contribution in [0.15, 0.2) is 0 Å². The maximum Gasteiger partial charge on any atom is 0.234 e. The first-order valence-corrected chi connectivity index (χ1v) is 5.79. The largest absolute Gasteiger partial charge is 0.396 e. The highest BCUT2D eigenvalue weighted by Crippen LogP contribution is 2.09. The first-order valence-electron chi connectivity index (χ1n) is 5.79. The van der Waals surface area contributed by atoms with Crippen molar-refractivity contribution in [1.29, 1.82) is 0 Å². The quantitative estimate of drug-likeness (QED) is 0.529. The molecule has 4 nitrogen and oxygen atoms in total. The first-order chi connectivity index (χ1) is 7.15. The molecule has 90 valence electrons. The summed E-state index contributed by atoms with van der Waals surface area (Å²) in [4.78, 5) is 11.0. The van der Waals surface area contributed by atoms with Crippen molar-refractivity contribution < 1.29 is 9.90 Å². The molecule has 0 radical (unpaired) electrons. The van der Waals surface area contributed by atoms with Crippen LogP contribution in [0.4, 0.5) is 0 Å². The Morgan fingerprint density at radius 1 is 1.40 bits per heavy atom. The third-order valence-electron chi connectivity index (χ3n) is 2.64. The molecule has 15 heavy (non-hydrogen) atoms. The summed E-state index contributed by atoms with van der Waals surface area (Å²) in [5.74, 6) is 0.144. The van der Waals surface area contributed by atoms with Crippen molar-refractivity contribution in [2.75, 3.05) is 13.2 Å². The second-order valence-corrected chi connectivity index (χ2v) is 3.94. The van der Waals surface area contributed by atoms with Crippen LogP contribution in [0.5, 0.6) is 0 Å². The van der Waals surface area contributed by atoms with Crippen LogP contribution in [0.1, 0.15) is 39.5 Å². The van der Waals surface area contributed by atoms with Gasteiger partial charge >= 0.3 is 0 Å². The normalized spacial score (nSPS) is 14.9. The summed E-state index contributed by atoms with van der Waals surface area (Å²) in [6.07, 6.45) is 3.67. The zero-order valence-corrected chi connectivity index (χ0v) is 9.83. The van der Waals surface area contributed by atoms with E-state index in [1.807, 2.05) is 6.92 Å². The van der Waals surface area contributed by atoms with E-state index in [1.165, 1.54) is 0 Å². The molecule has 2 unspecified atom stereocenters. The average molecular weight is 216 g/mol. The van der Waals surface area contributed by atoms with E-state index < -0.39 is 0 Å². The van der Waals surface area contributed by atoms with Gasteiger partial charge in [0.2, 0.25) is 5.91 Å². The van der Waals surface area contributed by atoms with Crippen LogP contribution >= 0.6 is 0 Å². The molecule has 0 aliphatic carbocycles. The number of carbonyl (C=O) groups excluding carboxylic acids is 1. The molecule has 0 aliphatic rings. The predicted octanol–water partition coefficient (Wildman–Crippen LogP) is 0.639. The van der Waals surface area contributed by atoms with Gasteiger partial charge in [0.15, 0.2) is 0 Å². The summed E-state index contributed by atoms with van der Waals surface area (Å²) in [5.41, 5.74) is 5.23. The van der Waals surface area contributed by atoms with E-state index in [4.69, 9.17) is 10.8 Å². The molecule has 0 aromatic heterocycles. The third kappa shape index (κ3) is 6.47. The molecule has 2 atom stereocenters. The van der Waals surface area contributed by atoms with Crippen molar-refractivity contribution in [1.82, 2.24) is 5.32 Å². The summed E-state index contributed by atoms with van der Waals surface area (Å²) in [6.45, 7) is 5.02. The van der Waals surface area contributed by atoms with Crippen molar-refractivity contribution in [2.24, 2.45) is 11.7 Å². The average Bonchev–Trinajstić information content (AvgIpc) is 2.18. The van der Waals surface area contributed by atoms with E-state index >= 15 is 0 Å². The van der Waals surface area contributed by atoms with Crippen LogP contribution in [0.25, 0.3) is 0 Å². The van der Waals surface area contributed by atoms with Gasteiger partial charge in [0.05, 0.1) is 6.04 Å². The predicted molar refractivity (Wildman–Crippen MR) is 61.4 cm³/mol. The van der Waals surface area contributed by atoms with E-state index in [9.17, 15) is 4.79 Å². The molecule has 0 fully saturated rings. The molecule has 0 heterocycles. The SMILES string of the molecule is CCCC(CCO)CNC(CC)C(N)=O. The molecule has 0 saturated carbocycles. The lowest BCUT2D eigenvalue weighted by atomic mass is 9.99. The highest BCUT2D eigenvalue weighted by molar-refractivity contribution is 5.79. The Kier molecular flexibility index (Phi) is 8.33. The number of rotatable bonds is 9. The molecule has 4 heteroatoms. The molecule has 0 saturated heterocycles. The summed E-state index contributed by atoms with van der Waals surface area (Å²) < 4.78 is 0. The van der Waals surface area contributed by atoms with E-state index in [0.717, 1.165) is 25.8 Å². The minimum atomic E-state index is -0.295. The lowest BCUT2D eigenvalue weighted by molar-refractivity contribution is -0.120. The van der Waals surface area contributed by atoms with Crippen LogP contribution < -0.4 is 11.1 Å². The molecule has 0 aliphatic heterocycles. The van der Waals surface area contributed by atoms with Crippen LogP contribution in [0, 0.1) is 5.92 Å². The van der Waals surface area contributed by atoms with E-state index in [0.29, 0.717) is 12.3 Å². The Hall–Kier alpha value is -0.610. The van der Waals surface area contributed by atoms with Gasteiger partial charge in [0.1, 0.15) is 0 Å². The first kappa shape index (κ1) is 14.4. The number of hydrogen-bond donors (Lipinski definition) is 3. The van der Waals surface area contributed by atoms with Crippen molar-refractivity contribution in [3.05, 3.63) is 0 Å². The monoisotopic (exact) mass is 216 g/mol. The van der Waals surface area contributed by atoms with Crippen molar-refractivity contribution in [2.45, 2.75) is 45.6 Å². The van der Waals surface area contributed by atoms with Gasteiger partial charge in [-0.15, -0.1) is 0 Å². The molecule has 0 bridgehead atoms. The lowest BCUT2D eigenvalue weighted by Crippen LogP contribution is -2.42. The molecule has 4 N–H and O–H groups in total. The van der Waals surface area contributed by atoms with Gasteiger partial charge in [0, 0.05) is 6.61 Å². The molecule has 1 amide bonds. The lowest BCUT2D eigenvalue weighted by Gasteiger charge is -2.19. The number of primary amides is 1. The number of aliphatic hydroxyl groups is 1. The molecule has 0 spiro atoms. The van der Waals surface area contributed by atoms with Gasteiger partial charge in [-0.2, -0.15) is 0 Å². The molecule has 0 aromatic carbocycles. The minimum absolute atomic E-state index is 0.208. The van der Waals surface area contributed by atoms with E-state index in [2.05, 4.69) is 12.2 Å². The maximum atomic E-state index is 11.0. The fraction of sp³-hybridized carbons (Fsp3) is 0.909. The number of hydrogen-bond acceptors (Lipinski definition) is 3. The smallest absolute Gasteiger partial charge is 0.234 e. The Labute approximate surface area is 92.2 Å². The number of aliphatic hydroxyl groups excluding tert-OH is 1. The zero-order chi connectivity index (χ0) is 11.7. The van der Waals surface area contributed by atoms with Gasteiger partial charge < -0.3 is 16.2 Å². The second kappa shape index (κ2) is 8.68. The molecular weight excluding hydrogens is 192 g/mol.